The van der Waals surface area contributed by atoms with Gasteiger partial charge >= 0.3 is 0 Å². The maximum atomic E-state index is 2.31. The lowest BCUT2D eigenvalue weighted by Gasteiger charge is -2.30. The SMILES string of the molecule is c1ccc(C2=C(C3CCCCC3)CCCC2)cc1. The van der Waals surface area contributed by atoms with Crippen LogP contribution in [-0.2, 0) is 0 Å². The zero-order chi connectivity index (χ0) is 12.2. The van der Waals surface area contributed by atoms with Crippen LogP contribution in [0.2, 0.25) is 0 Å². The first-order valence-corrected chi connectivity index (χ1v) is 7.72. The summed E-state index contributed by atoms with van der Waals surface area (Å²) < 4.78 is 0. The van der Waals surface area contributed by atoms with E-state index >= 15 is 0 Å². The van der Waals surface area contributed by atoms with Gasteiger partial charge in [-0.2, -0.15) is 0 Å². The Morgan fingerprint density at radius 1 is 0.722 bits per heavy atom. The standard InChI is InChI=1S/C18H24/c1-3-9-15(10-4-1)17-13-7-8-14-18(17)16-11-5-2-6-12-16/h1,3-4,9-10,16H,2,5-8,11-14H2. The van der Waals surface area contributed by atoms with Gasteiger partial charge in [0.1, 0.15) is 0 Å². The normalized spacial score (nSPS) is 22.2. The van der Waals surface area contributed by atoms with Gasteiger partial charge < -0.3 is 0 Å². The smallest absolute Gasteiger partial charge is 0.0197 e. The second kappa shape index (κ2) is 5.73. The Bertz CT molecular complexity index is 407. The van der Waals surface area contributed by atoms with E-state index in [2.05, 4.69) is 30.3 Å². The summed E-state index contributed by atoms with van der Waals surface area (Å²) in [5.41, 5.74) is 5.03. The van der Waals surface area contributed by atoms with Gasteiger partial charge in [-0.1, -0.05) is 55.2 Å². The van der Waals surface area contributed by atoms with Gasteiger partial charge in [-0.15, -0.1) is 0 Å². The molecule has 0 heteroatoms. The second-order valence-electron chi connectivity index (χ2n) is 5.91. The minimum atomic E-state index is 0.911. The summed E-state index contributed by atoms with van der Waals surface area (Å²) in [6, 6.07) is 11.1. The maximum absolute atomic E-state index is 2.31. The lowest BCUT2D eigenvalue weighted by molar-refractivity contribution is 0.389. The molecule has 0 amide bonds. The first-order chi connectivity index (χ1) is 8.95. The van der Waals surface area contributed by atoms with Crippen LogP contribution in [0, 0.1) is 5.92 Å². The fourth-order valence-electron chi connectivity index (χ4n) is 3.80. The van der Waals surface area contributed by atoms with Crippen molar-refractivity contribution < 1.29 is 0 Å². The van der Waals surface area contributed by atoms with Crippen molar-refractivity contribution in [2.75, 3.05) is 0 Å². The van der Waals surface area contributed by atoms with Gasteiger partial charge in [0.25, 0.3) is 0 Å². The van der Waals surface area contributed by atoms with Crippen molar-refractivity contribution >= 4 is 5.57 Å². The first-order valence-electron chi connectivity index (χ1n) is 7.72. The molecular weight excluding hydrogens is 216 g/mol. The van der Waals surface area contributed by atoms with Crippen LogP contribution in [0.25, 0.3) is 5.57 Å². The van der Waals surface area contributed by atoms with Gasteiger partial charge in [0.2, 0.25) is 0 Å². The molecule has 2 aliphatic rings. The highest BCUT2D eigenvalue weighted by molar-refractivity contribution is 5.69. The molecule has 0 N–H and O–H groups in total. The zero-order valence-electron chi connectivity index (χ0n) is 11.3. The first kappa shape index (κ1) is 12.0. The lowest BCUT2D eigenvalue weighted by atomic mass is 9.75. The maximum Gasteiger partial charge on any atom is -0.0197 e. The topological polar surface area (TPSA) is 0 Å². The Morgan fingerprint density at radius 3 is 2.22 bits per heavy atom. The summed E-state index contributed by atoms with van der Waals surface area (Å²) in [4.78, 5) is 0. The molecule has 1 aromatic carbocycles. The van der Waals surface area contributed by atoms with Gasteiger partial charge in [0.05, 0.1) is 0 Å². The van der Waals surface area contributed by atoms with Crippen LogP contribution in [0.1, 0.15) is 63.4 Å². The van der Waals surface area contributed by atoms with E-state index in [9.17, 15) is 0 Å². The molecule has 96 valence electrons. The van der Waals surface area contributed by atoms with E-state index < -0.39 is 0 Å². The van der Waals surface area contributed by atoms with Gasteiger partial charge in [-0.25, -0.2) is 0 Å². The van der Waals surface area contributed by atoms with Crippen LogP contribution >= 0.6 is 0 Å². The minimum Gasteiger partial charge on any atom is -0.0633 e. The molecular formula is C18H24. The van der Waals surface area contributed by atoms with Gasteiger partial charge in [0.15, 0.2) is 0 Å². The van der Waals surface area contributed by atoms with E-state index in [1.54, 1.807) is 5.57 Å². The molecule has 0 aromatic heterocycles. The summed E-state index contributed by atoms with van der Waals surface area (Å²) >= 11 is 0. The predicted octanol–water partition coefficient (Wildman–Crippen LogP) is 5.59. The third-order valence-corrected chi connectivity index (χ3v) is 4.73. The number of rotatable bonds is 2. The van der Waals surface area contributed by atoms with Crippen molar-refractivity contribution in [3.05, 3.63) is 41.5 Å². The second-order valence-corrected chi connectivity index (χ2v) is 5.91. The molecule has 3 rings (SSSR count). The van der Waals surface area contributed by atoms with Crippen LogP contribution < -0.4 is 0 Å². The third kappa shape index (κ3) is 2.53. The van der Waals surface area contributed by atoms with Crippen molar-refractivity contribution in [3.8, 4) is 0 Å². The molecule has 0 atom stereocenters. The molecule has 0 bridgehead atoms. The van der Waals surface area contributed by atoms with Gasteiger partial charge in [-0.3, -0.25) is 0 Å². The Morgan fingerprint density at radius 2 is 1.44 bits per heavy atom. The molecule has 18 heavy (non-hydrogen) atoms. The quantitative estimate of drug-likeness (QED) is 0.631. The van der Waals surface area contributed by atoms with Crippen LogP contribution in [0.15, 0.2) is 35.9 Å². The van der Waals surface area contributed by atoms with Crippen molar-refractivity contribution in [1.82, 2.24) is 0 Å². The lowest BCUT2D eigenvalue weighted by Crippen LogP contribution is -2.13. The van der Waals surface area contributed by atoms with Crippen molar-refractivity contribution in [2.24, 2.45) is 5.92 Å². The van der Waals surface area contributed by atoms with Crippen LogP contribution in [0.3, 0.4) is 0 Å². The minimum absolute atomic E-state index is 0.911. The van der Waals surface area contributed by atoms with Crippen molar-refractivity contribution in [1.29, 1.82) is 0 Å². The van der Waals surface area contributed by atoms with Crippen molar-refractivity contribution in [3.63, 3.8) is 0 Å². The summed E-state index contributed by atoms with van der Waals surface area (Å²) in [6.07, 6.45) is 12.8. The largest absolute Gasteiger partial charge is 0.0633 e. The Hall–Kier alpha value is -1.04. The summed E-state index contributed by atoms with van der Waals surface area (Å²) in [5, 5.41) is 0. The van der Waals surface area contributed by atoms with Crippen LogP contribution in [0.5, 0.6) is 0 Å². The monoisotopic (exact) mass is 240 g/mol. The molecule has 0 spiro atoms. The van der Waals surface area contributed by atoms with E-state index in [-0.39, 0.29) is 0 Å². The van der Waals surface area contributed by atoms with Gasteiger partial charge in [0, 0.05) is 0 Å². The molecule has 0 saturated heterocycles. The molecule has 0 radical (unpaired) electrons. The van der Waals surface area contributed by atoms with E-state index in [0.717, 1.165) is 5.92 Å². The van der Waals surface area contributed by atoms with Crippen LogP contribution in [0.4, 0.5) is 0 Å². The fourth-order valence-corrected chi connectivity index (χ4v) is 3.80. The molecule has 0 nitrogen and oxygen atoms in total. The Kier molecular flexibility index (Phi) is 3.83. The third-order valence-electron chi connectivity index (χ3n) is 4.73. The van der Waals surface area contributed by atoms with E-state index in [1.807, 2.05) is 5.57 Å². The highest BCUT2D eigenvalue weighted by atomic mass is 14.3. The Labute approximate surface area is 111 Å². The van der Waals surface area contributed by atoms with E-state index in [4.69, 9.17) is 0 Å². The van der Waals surface area contributed by atoms with E-state index in [0.29, 0.717) is 0 Å². The number of hydrogen-bond donors (Lipinski definition) is 0. The number of allylic oxidation sites excluding steroid dienone is 2. The molecule has 1 fully saturated rings. The van der Waals surface area contributed by atoms with Crippen molar-refractivity contribution in [2.45, 2.75) is 57.8 Å². The average Bonchev–Trinajstić information content (AvgIpc) is 2.49. The zero-order valence-corrected chi connectivity index (χ0v) is 11.3. The molecule has 1 saturated carbocycles. The highest BCUT2D eigenvalue weighted by Gasteiger charge is 2.23. The molecule has 0 aliphatic heterocycles. The summed E-state index contributed by atoms with van der Waals surface area (Å²) in [6.45, 7) is 0. The molecule has 2 aliphatic carbocycles. The average molecular weight is 240 g/mol. The predicted molar refractivity (Wildman–Crippen MR) is 78.4 cm³/mol. The van der Waals surface area contributed by atoms with Gasteiger partial charge in [-0.05, 0) is 55.6 Å². The van der Waals surface area contributed by atoms with E-state index in [1.165, 1.54) is 63.4 Å². The summed E-state index contributed by atoms with van der Waals surface area (Å²) in [7, 11) is 0. The van der Waals surface area contributed by atoms with Crippen LogP contribution in [-0.4, -0.2) is 0 Å². The molecule has 0 heterocycles. The fraction of sp³-hybridized carbons (Fsp3) is 0.556. The summed E-state index contributed by atoms with van der Waals surface area (Å²) in [5.74, 6) is 0.911. The molecule has 1 aromatic rings. The number of hydrogen-bond acceptors (Lipinski definition) is 0. The Balaban J connectivity index is 1.92. The highest BCUT2D eigenvalue weighted by Crippen LogP contribution is 2.41. The molecule has 0 unspecified atom stereocenters. The number of benzene rings is 1.